The number of esters is 1. The molecule has 0 aliphatic rings. The summed E-state index contributed by atoms with van der Waals surface area (Å²) in [6, 6.07) is 5.42. The van der Waals surface area contributed by atoms with Crippen molar-refractivity contribution in [3.8, 4) is 0 Å². The normalized spacial score (nSPS) is 11.5. The number of benzene rings is 1. The molecule has 0 bridgehead atoms. The third-order valence-corrected chi connectivity index (χ3v) is 4.19. The molecule has 0 spiro atoms. The Bertz CT molecular complexity index is 766. The monoisotopic (exact) mass is 385 g/mol. The van der Waals surface area contributed by atoms with E-state index in [1.165, 1.54) is 31.2 Å². The van der Waals surface area contributed by atoms with E-state index in [0.29, 0.717) is 5.69 Å². The number of ether oxygens (including phenoxy) is 1. The lowest BCUT2D eigenvalue weighted by atomic mass is 10.1. The van der Waals surface area contributed by atoms with E-state index in [-0.39, 0.29) is 10.8 Å². The second-order valence-electron chi connectivity index (χ2n) is 6.49. The first-order valence-corrected chi connectivity index (χ1v) is 9.21. The Labute approximate surface area is 152 Å². The third-order valence-electron chi connectivity index (χ3n) is 2.77. The van der Waals surface area contributed by atoms with Crippen molar-refractivity contribution in [2.45, 2.75) is 38.1 Å². The molecule has 0 saturated heterocycles. The van der Waals surface area contributed by atoms with Crippen LogP contribution in [0.1, 0.15) is 27.7 Å². The number of amides is 2. The summed E-state index contributed by atoms with van der Waals surface area (Å²) in [5, 5.41) is 5.12. The molecule has 0 aliphatic carbocycles. The molecule has 0 aromatic heterocycles. The molecular formula is C16H23N3O6S. The Kier molecular flexibility index (Phi) is 7.28. The van der Waals surface area contributed by atoms with E-state index in [9.17, 15) is 22.8 Å². The van der Waals surface area contributed by atoms with Crippen LogP contribution >= 0.6 is 0 Å². The fraction of sp³-hybridized carbons (Fsp3) is 0.438. The summed E-state index contributed by atoms with van der Waals surface area (Å²) in [5.74, 6) is -1.65. The second kappa shape index (κ2) is 8.77. The fourth-order valence-electron chi connectivity index (χ4n) is 1.81. The minimum Gasteiger partial charge on any atom is -0.455 e. The second-order valence-corrected chi connectivity index (χ2v) is 8.26. The predicted octanol–water partition coefficient (Wildman–Crippen LogP) is 0.381. The van der Waals surface area contributed by atoms with E-state index < -0.39 is 40.6 Å². The van der Waals surface area contributed by atoms with Crippen LogP contribution in [0.15, 0.2) is 29.2 Å². The highest BCUT2D eigenvalue weighted by molar-refractivity contribution is 7.89. The maximum Gasteiger partial charge on any atom is 0.321 e. The molecule has 3 N–H and O–H groups in total. The standard InChI is InChI=1S/C16H23N3O6S/c1-11(20)18-12-5-7-13(8-6-12)26(23,24)17-9-15(22)25-10-14(21)19-16(2,3)4/h5-8,17H,9-10H2,1-4H3,(H,18,20)(H,19,21). The highest BCUT2D eigenvalue weighted by Crippen LogP contribution is 2.13. The highest BCUT2D eigenvalue weighted by Gasteiger charge is 2.18. The molecule has 10 heteroatoms. The number of anilines is 1. The van der Waals surface area contributed by atoms with Gasteiger partial charge in [-0.15, -0.1) is 0 Å². The molecular weight excluding hydrogens is 362 g/mol. The maximum atomic E-state index is 12.1. The van der Waals surface area contributed by atoms with Crippen molar-refractivity contribution < 1.29 is 27.5 Å². The lowest BCUT2D eigenvalue weighted by Crippen LogP contribution is -2.43. The van der Waals surface area contributed by atoms with Crippen molar-refractivity contribution in [3.63, 3.8) is 0 Å². The van der Waals surface area contributed by atoms with Crippen molar-refractivity contribution in [1.82, 2.24) is 10.0 Å². The summed E-state index contributed by atoms with van der Waals surface area (Å²) >= 11 is 0. The van der Waals surface area contributed by atoms with Crippen LogP contribution in [0.2, 0.25) is 0 Å². The minimum atomic E-state index is -3.93. The fourth-order valence-corrected chi connectivity index (χ4v) is 2.78. The molecule has 0 aliphatic heterocycles. The van der Waals surface area contributed by atoms with E-state index in [4.69, 9.17) is 4.74 Å². The molecule has 1 aromatic carbocycles. The van der Waals surface area contributed by atoms with Gasteiger partial charge in [0.15, 0.2) is 6.61 Å². The van der Waals surface area contributed by atoms with Gasteiger partial charge in [0, 0.05) is 18.2 Å². The van der Waals surface area contributed by atoms with Crippen LogP contribution in [0.25, 0.3) is 0 Å². The van der Waals surface area contributed by atoms with E-state index >= 15 is 0 Å². The van der Waals surface area contributed by atoms with Gasteiger partial charge in [-0.1, -0.05) is 0 Å². The SMILES string of the molecule is CC(=O)Nc1ccc(S(=O)(=O)NCC(=O)OCC(=O)NC(C)(C)C)cc1. The van der Waals surface area contributed by atoms with Crippen molar-refractivity contribution in [2.75, 3.05) is 18.5 Å². The summed E-state index contributed by atoms with van der Waals surface area (Å²) in [6.45, 7) is 5.55. The van der Waals surface area contributed by atoms with Gasteiger partial charge in [0.2, 0.25) is 15.9 Å². The third kappa shape index (κ3) is 8.08. The van der Waals surface area contributed by atoms with Crippen molar-refractivity contribution >= 4 is 33.5 Å². The van der Waals surface area contributed by atoms with Gasteiger partial charge < -0.3 is 15.4 Å². The molecule has 0 atom stereocenters. The number of nitrogens with one attached hydrogen (secondary N) is 3. The molecule has 144 valence electrons. The van der Waals surface area contributed by atoms with Crippen LogP contribution in [-0.2, 0) is 29.1 Å². The maximum absolute atomic E-state index is 12.1. The molecule has 2 amide bonds. The van der Waals surface area contributed by atoms with Gasteiger partial charge in [0.25, 0.3) is 5.91 Å². The lowest BCUT2D eigenvalue weighted by Gasteiger charge is -2.20. The van der Waals surface area contributed by atoms with Crippen molar-refractivity contribution in [1.29, 1.82) is 0 Å². The van der Waals surface area contributed by atoms with Crippen LogP contribution in [0.3, 0.4) is 0 Å². The topological polar surface area (TPSA) is 131 Å². The summed E-state index contributed by atoms with van der Waals surface area (Å²) in [5.41, 5.74) is -0.0187. The number of hydrogen-bond donors (Lipinski definition) is 3. The van der Waals surface area contributed by atoms with Crippen LogP contribution in [0, 0.1) is 0 Å². The first-order valence-electron chi connectivity index (χ1n) is 7.73. The van der Waals surface area contributed by atoms with Crippen molar-refractivity contribution in [3.05, 3.63) is 24.3 Å². The number of hydrogen-bond acceptors (Lipinski definition) is 6. The zero-order chi connectivity index (χ0) is 20.0. The van der Waals surface area contributed by atoms with Crippen LogP contribution in [-0.4, -0.2) is 44.9 Å². The van der Waals surface area contributed by atoms with E-state index in [2.05, 4.69) is 15.4 Å². The first kappa shape index (κ1) is 21.6. The van der Waals surface area contributed by atoms with Gasteiger partial charge in [-0.2, -0.15) is 4.72 Å². The Hall–Kier alpha value is -2.46. The number of carbonyl (C=O) groups excluding carboxylic acids is 3. The zero-order valence-electron chi connectivity index (χ0n) is 15.1. The average Bonchev–Trinajstić information content (AvgIpc) is 2.49. The Balaban J connectivity index is 2.53. The summed E-state index contributed by atoms with van der Waals surface area (Å²) in [6.07, 6.45) is 0. The quantitative estimate of drug-likeness (QED) is 0.582. The highest BCUT2D eigenvalue weighted by atomic mass is 32.2. The number of rotatable bonds is 7. The zero-order valence-corrected chi connectivity index (χ0v) is 15.9. The largest absolute Gasteiger partial charge is 0.455 e. The summed E-state index contributed by atoms with van der Waals surface area (Å²) in [7, 11) is -3.93. The van der Waals surface area contributed by atoms with Gasteiger partial charge in [0.05, 0.1) is 4.90 Å². The molecule has 0 saturated carbocycles. The van der Waals surface area contributed by atoms with Gasteiger partial charge in [-0.25, -0.2) is 8.42 Å². The summed E-state index contributed by atoms with van der Waals surface area (Å²) < 4.78 is 31.0. The van der Waals surface area contributed by atoms with E-state index in [1.807, 2.05) is 0 Å². The Morgan fingerprint density at radius 1 is 1.08 bits per heavy atom. The van der Waals surface area contributed by atoms with Gasteiger partial charge in [0.1, 0.15) is 6.54 Å². The van der Waals surface area contributed by atoms with Gasteiger partial charge in [-0.3, -0.25) is 14.4 Å². The number of sulfonamides is 1. The molecule has 1 rings (SSSR count). The number of carbonyl (C=O) groups is 3. The average molecular weight is 385 g/mol. The molecule has 0 radical (unpaired) electrons. The molecule has 0 fully saturated rings. The van der Waals surface area contributed by atoms with Crippen LogP contribution in [0.4, 0.5) is 5.69 Å². The molecule has 1 aromatic rings. The van der Waals surface area contributed by atoms with Gasteiger partial charge >= 0.3 is 5.97 Å². The van der Waals surface area contributed by atoms with Crippen LogP contribution in [0.5, 0.6) is 0 Å². The van der Waals surface area contributed by atoms with Crippen LogP contribution < -0.4 is 15.4 Å². The molecule has 0 heterocycles. The molecule has 9 nitrogen and oxygen atoms in total. The van der Waals surface area contributed by atoms with E-state index in [1.54, 1.807) is 20.8 Å². The van der Waals surface area contributed by atoms with E-state index in [0.717, 1.165) is 0 Å². The first-order chi connectivity index (χ1) is 11.9. The molecule has 26 heavy (non-hydrogen) atoms. The lowest BCUT2D eigenvalue weighted by molar-refractivity contribution is -0.147. The smallest absolute Gasteiger partial charge is 0.321 e. The van der Waals surface area contributed by atoms with Gasteiger partial charge in [-0.05, 0) is 45.0 Å². The van der Waals surface area contributed by atoms with Crippen molar-refractivity contribution in [2.24, 2.45) is 0 Å². The summed E-state index contributed by atoms with van der Waals surface area (Å²) in [4.78, 5) is 34.0. The predicted molar refractivity (Wildman–Crippen MR) is 94.8 cm³/mol. The minimum absolute atomic E-state index is 0.0788. The Morgan fingerprint density at radius 2 is 1.65 bits per heavy atom. The Morgan fingerprint density at radius 3 is 2.15 bits per heavy atom. The molecule has 0 unspecified atom stereocenters.